The van der Waals surface area contributed by atoms with Crippen molar-refractivity contribution in [2.24, 2.45) is 0 Å². The van der Waals surface area contributed by atoms with E-state index < -0.39 is 26.0 Å². The van der Waals surface area contributed by atoms with Gasteiger partial charge >= 0.3 is 6.18 Å². The SMILES string of the molecule is [O]COCCC(F)(F)F. The van der Waals surface area contributed by atoms with E-state index in [4.69, 9.17) is 0 Å². The van der Waals surface area contributed by atoms with Crippen molar-refractivity contribution >= 4 is 0 Å². The average Bonchev–Trinajstić information content (AvgIpc) is 1.63. The van der Waals surface area contributed by atoms with Crippen LogP contribution in [0.25, 0.3) is 0 Å². The second-order valence-corrected chi connectivity index (χ2v) is 1.39. The molecule has 0 aromatic rings. The Bertz CT molecular complexity index is 70.7. The van der Waals surface area contributed by atoms with Crippen LogP contribution < -0.4 is 0 Å². The van der Waals surface area contributed by atoms with Crippen molar-refractivity contribution < 1.29 is 23.0 Å². The summed E-state index contributed by atoms with van der Waals surface area (Å²) in [5, 5.41) is 9.43. The Balaban J connectivity index is 3.07. The summed E-state index contributed by atoms with van der Waals surface area (Å²) < 4.78 is 37.5. The molecule has 0 N–H and O–H groups in total. The molecule has 0 atom stereocenters. The Labute approximate surface area is 50.2 Å². The van der Waals surface area contributed by atoms with Crippen LogP contribution in [0.3, 0.4) is 0 Å². The van der Waals surface area contributed by atoms with Crippen LogP contribution >= 0.6 is 0 Å². The maximum atomic E-state index is 11.2. The zero-order valence-electron chi connectivity index (χ0n) is 4.57. The molecule has 0 aliphatic heterocycles. The molecular weight excluding hydrogens is 137 g/mol. The van der Waals surface area contributed by atoms with Crippen molar-refractivity contribution in [1.82, 2.24) is 0 Å². The first kappa shape index (κ1) is 8.71. The van der Waals surface area contributed by atoms with Crippen molar-refractivity contribution in [3.63, 3.8) is 0 Å². The van der Waals surface area contributed by atoms with Gasteiger partial charge in [0, 0.05) is 0 Å². The van der Waals surface area contributed by atoms with Gasteiger partial charge in [-0.2, -0.15) is 13.2 Å². The largest absolute Gasteiger partial charge is 0.391 e. The van der Waals surface area contributed by atoms with Gasteiger partial charge in [0.25, 0.3) is 0 Å². The summed E-state index contributed by atoms with van der Waals surface area (Å²) in [6, 6.07) is 0. The standard InChI is InChI=1S/C4H6F3O2/c5-4(6,7)1-2-9-3-8/h1-3H2. The van der Waals surface area contributed by atoms with E-state index in [1.54, 1.807) is 0 Å². The second kappa shape index (κ2) is 3.68. The summed E-state index contributed by atoms with van der Waals surface area (Å²) in [6.07, 6.45) is -5.26. The summed E-state index contributed by atoms with van der Waals surface area (Å²) in [6.45, 7) is -1.44. The monoisotopic (exact) mass is 143 g/mol. The van der Waals surface area contributed by atoms with E-state index in [1.807, 2.05) is 0 Å². The molecular formula is C4H6F3O2. The third-order valence-corrected chi connectivity index (χ3v) is 0.613. The fourth-order valence-corrected chi connectivity index (χ4v) is 0.247. The van der Waals surface area contributed by atoms with Crippen LogP contribution in [0, 0.1) is 0 Å². The van der Waals surface area contributed by atoms with Crippen LogP contribution in [0.15, 0.2) is 0 Å². The van der Waals surface area contributed by atoms with E-state index in [0.29, 0.717) is 0 Å². The van der Waals surface area contributed by atoms with Gasteiger partial charge in [-0.05, 0) is 0 Å². The van der Waals surface area contributed by atoms with E-state index in [9.17, 15) is 18.3 Å². The summed E-state index contributed by atoms with van der Waals surface area (Å²) in [5.74, 6) is 0. The highest BCUT2D eigenvalue weighted by atomic mass is 19.4. The summed E-state index contributed by atoms with van der Waals surface area (Å²) in [5.41, 5.74) is 0. The molecule has 0 rings (SSSR count). The maximum Gasteiger partial charge on any atom is 0.391 e. The minimum atomic E-state index is -4.21. The quantitative estimate of drug-likeness (QED) is 0.433. The van der Waals surface area contributed by atoms with Crippen molar-refractivity contribution in [3.8, 4) is 0 Å². The van der Waals surface area contributed by atoms with Crippen LogP contribution in [-0.4, -0.2) is 19.6 Å². The molecule has 5 heteroatoms. The molecule has 9 heavy (non-hydrogen) atoms. The Morgan fingerprint density at radius 3 is 2.22 bits per heavy atom. The van der Waals surface area contributed by atoms with Gasteiger partial charge in [-0.1, -0.05) is 0 Å². The fraction of sp³-hybridized carbons (Fsp3) is 1.00. The highest BCUT2D eigenvalue weighted by Crippen LogP contribution is 2.18. The number of hydrogen-bond acceptors (Lipinski definition) is 1. The predicted molar refractivity (Wildman–Crippen MR) is 22.2 cm³/mol. The van der Waals surface area contributed by atoms with E-state index in [-0.39, 0.29) is 0 Å². The third-order valence-electron chi connectivity index (χ3n) is 0.613. The minimum absolute atomic E-state index is 0.535. The molecule has 0 saturated carbocycles. The summed E-state index contributed by atoms with van der Waals surface area (Å²) >= 11 is 0. The number of ether oxygens (including phenoxy) is 1. The van der Waals surface area contributed by atoms with Crippen LogP contribution in [0.5, 0.6) is 0 Å². The smallest absolute Gasteiger partial charge is 0.352 e. The van der Waals surface area contributed by atoms with Crippen molar-refractivity contribution in [2.75, 3.05) is 13.4 Å². The molecule has 0 aromatic carbocycles. The van der Waals surface area contributed by atoms with Gasteiger partial charge in [-0.3, -0.25) is 0 Å². The Morgan fingerprint density at radius 1 is 1.33 bits per heavy atom. The number of alkyl halides is 3. The van der Waals surface area contributed by atoms with Crippen molar-refractivity contribution in [2.45, 2.75) is 12.6 Å². The van der Waals surface area contributed by atoms with E-state index >= 15 is 0 Å². The Kier molecular flexibility index (Phi) is 3.56. The lowest BCUT2D eigenvalue weighted by Crippen LogP contribution is -2.11. The highest BCUT2D eigenvalue weighted by molar-refractivity contribution is 4.46. The molecule has 0 aromatic heterocycles. The number of rotatable bonds is 3. The molecule has 0 saturated heterocycles. The second-order valence-electron chi connectivity index (χ2n) is 1.39. The molecule has 55 valence electrons. The maximum absolute atomic E-state index is 11.2. The summed E-state index contributed by atoms with van der Waals surface area (Å²) in [7, 11) is 0. The first-order valence-corrected chi connectivity index (χ1v) is 2.29. The zero-order valence-corrected chi connectivity index (χ0v) is 4.57. The zero-order chi connectivity index (χ0) is 7.33. The molecule has 0 amide bonds. The van der Waals surface area contributed by atoms with Gasteiger partial charge in [0.1, 0.15) is 0 Å². The lowest BCUT2D eigenvalue weighted by molar-refractivity contribution is -0.154. The lowest BCUT2D eigenvalue weighted by Gasteiger charge is -2.03. The molecule has 1 radical (unpaired) electrons. The lowest BCUT2D eigenvalue weighted by atomic mass is 10.4. The number of halogens is 3. The van der Waals surface area contributed by atoms with Crippen LogP contribution in [0.2, 0.25) is 0 Å². The molecule has 0 aliphatic rings. The Morgan fingerprint density at radius 2 is 1.89 bits per heavy atom. The first-order valence-electron chi connectivity index (χ1n) is 2.29. The molecule has 0 spiro atoms. The molecule has 0 aliphatic carbocycles. The van der Waals surface area contributed by atoms with Gasteiger partial charge in [0.15, 0.2) is 6.79 Å². The predicted octanol–water partition coefficient (Wildman–Crippen LogP) is 1.34. The normalized spacial score (nSPS) is 12.0. The van der Waals surface area contributed by atoms with Gasteiger partial charge in [0.05, 0.1) is 13.0 Å². The molecule has 0 fully saturated rings. The topological polar surface area (TPSA) is 29.1 Å². The molecule has 2 nitrogen and oxygen atoms in total. The van der Waals surface area contributed by atoms with Gasteiger partial charge in [-0.25, -0.2) is 5.11 Å². The van der Waals surface area contributed by atoms with Crippen LogP contribution in [0.4, 0.5) is 13.2 Å². The molecule has 0 bridgehead atoms. The van der Waals surface area contributed by atoms with Crippen LogP contribution in [0.1, 0.15) is 6.42 Å². The van der Waals surface area contributed by atoms with Crippen LogP contribution in [-0.2, 0) is 9.84 Å². The minimum Gasteiger partial charge on any atom is -0.352 e. The molecule has 0 heterocycles. The highest BCUT2D eigenvalue weighted by Gasteiger charge is 2.26. The van der Waals surface area contributed by atoms with Crippen molar-refractivity contribution in [3.05, 3.63) is 0 Å². The Hall–Kier alpha value is -0.290. The number of hydrogen-bond donors (Lipinski definition) is 0. The first-order chi connectivity index (χ1) is 4.06. The van der Waals surface area contributed by atoms with Gasteiger partial charge in [-0.15, -0.1) is 0 Å². The van der Waals surface area contributed by atoms with Gasteiger partial charge < -0.3 is 4.74 Å². The third kappa shape index (κ3) is 7.71. The van der Waals surface area contributed by atoms with E-state index in [2.05, 4.69) is 4.74 Å². The average molecular weight is 143 g/mol. The van der Waals surface area contributed by atoms with Gasteiger partial charge in [0.2, 0.25) is 0 Å². The fourth-order valence-electron chi connectivity index (χ4n) is 0.247. The summed E-state index contributed by atoms with van der Waals surface area (Å²) in [4.78, 5) is 0. The molecule has 0 unspecified atom stereocenters. The van der Waals surface area contributed by atoms with E-state index in [1.165, 1.54) is 0 Å². The van der Waals surface area contributed by atoms with E-state index in [0.717, 1.165) is 0 Å². The van der Waals surface area contributed by atoms with Crippen molar-refractivity contribution in [1.29, 1.82) is 0 Å².